The minimum Gasteiger partial charge on any atom is -0.478 e. The Kier molecular flexibility index (Phi) is 4.59. The van der Waals surface area contributed by atoms with Crippen LogP contribution in [0.5, 0.6) is 0 Å². The molecule has 0 fully saturated rings. The van der Waals surface area contributed by atoms with E-state index in [0.717, 1.165) is 12.8 Å². The van der Waals surface area contributed by atoms with Crippen molar-refractivity contribution in [3.8, 4) is 0 Å². The summed E-state index contributed by atoms with van der Waals surface area (Å²) in [6.07, 6.45) is 3.67. The molecule has 0 saturated heterocycles. The number of hydrogen-bond donors (Lipinski definition) is 1. The molecule has 0 aliphatic heterocycles. The van der Waals surface area contributed by atoms with Gasteiger partial charge in [-0.25, -0.2) is 4.79 Å². The highest BCUT2D eigenvalue weighted by atomic mass is 16.4. The van der Waals surface area contributed by atoms with Crippen molar-refractivity contribution in [3.05, 3.63) is 11.6 Å². The fourth-order valence-electron chi connectivity index (χ4n) is 1.21. The molecule has 0 aliphatic carbocycles. The number of aliphatic carboxylic acids is 1. The average Bonchev–Trinajstić information content (AvgIpc) is 1.88. The number of hydrogen-bond acceptors (Lipinski definition) is 1. The Balaban J connectivity index is 4.16. The molecule has 0 rings (SSSR count). The third kappa shape index (κ3) is 3.21. The van der Waals surface area contributed by atoms with E-state index in [0.29, 0.717) is 5.57 Å². The topological polar surface area (TPSA) is 37.3 Å². The lowest BCUT2D eigenvalue weighted by Gasteiger charge is -2.09. The van der Waals surface area contributed by atoms with Crippen LogP contribution in [-0.2, 0) is 4.79 Å². The number of rotatable bonds is 4. The second kappa shape index (κ2) is 4.94. The Morgan fingerprint density at radius 1 is 1.64 bits per heavy atom. The smallest absolute Gasteiger partial charge is 0.331 e. The monoisotopic (exact) mass is 156 g/mol. The van der Waals surface area contributed by atoms with Gasteiger partial charge in [-0.15, -0.1) is 0 Å². The predicted octanol–water partition coefficient (Wildman–Crippen LogP) is 2.45. The van der Waals surface area contributed by atoms with Crippen molar-refractivity contribution in [2.75, 3.05) is 0 Å². The Morgan fingerprint density at radius 2 is 2.18 bits per heavy atom. The zero-order chi connectivity index (χ0) is 8.85. The van der Waals surface area contributed by atoms with Crippen LogP contribution >= 0.6 is 0 Å². The zero-order valence-corrected chi connectivity index (χ0v) is 7.42. The van der Waals surface area contributed by atoms with Crippen molar-refractivity contribution in [1.82, 2.24) is 0 Å². The van der Waals surface area contributed by atoms with Gasteiger partial charge in [-0.05, 0) is 19.3 Å². The molecule has 64 valence electrons. The lowest BCUT2D eigenvalue weighted by Crippen LogP contribution is -2.09. The molecule has 0 amide bonds. The fourth-order valence-corrected chi connectivity index (χ4v) is 1.21. The maximum absolute atomic E-state index is 10.6. The van der Waals surface area contributed by atoms with Gasteiger partial charge in [0, 0.05) is 5.57 Å². The molecule has 0 bridgehead atoms. The average molecular weight is 156 g/mol. The molecule has 0 radical (unpaired) electrons. The summed E-state index contributed by atoms with van der Waals surface area (Å²) in [4.78, 5) is 10.6. The molecule has 0 spiro atoms. The second-order valence-corrected chi connectivity index (χ2v) is 2.74. The maximum atomic E-state index is 10.6. The highest BCUT2D eigenvalue weighted by molar-refractivity contribution is 5.86. The summed E-state index contributed by atoms with van der Waals surface area (Å²) >= 11 is 0. The second-order valence-electron chi connectivity index (χ2n) is 2.74. The van der Waals surface area contributed by atoms with Crippen molar-refractivity contribution >= 4 is 5.97 Å². The van der Waals surface area contributed by atoms with Crippen LogP contribution in [-0.4, -0.2) is 11.1 Å². The van der Waals surface area contributed by atoms with Gasteiger partial charge in [0.1, 0.15) is 0 Å². The Bertz CT molecular complexity index is 159. The van der Waals surface area contributed by atoms with Crippen molar-refractivity contribution in [1.29, 1.82) is 0 Å². The summed E-state index contributed by atoms with van der Waals surface area (Å²) in [5, 5.41) is 8.70. The van der Waals surface area contributed by atoms with Gasteiger partial charge in [0.15, 0.2) is 0 Å². The Hall–Kier alpha value is -0.790. The van der Waals surface area contributed by atoms with E-state index in [4.69, 9.17) is 5.11 Å². The van der Waals surface area contributed by atoms with E-state index in [1.165, 1.54) is 0 Å². The quantitative estimate of drug-likeness (QED) is 0.635. The first-order valence-corrected chi connectivity index (χ1v) is 4.03. The number of allylic oxidation sites excluding steroid dienone is 1. The largest absolute Gasteiger partial charge is 0.478 e. The van der Waals surface area contributed by atoms with Gasteiger partial charge in [-0.1, -0.05) is 26.3 Å². The summed E-state index contributed by atoms with van der Waals surface area (Å²) in [5.74, 6) is -0.601. The molecule has 0 aliphatic rings. The van der Waals surface area contributed by atoms with Crippen molar-refractivity contribution in [3.63, 3.8) is 0 Å². The molecule has 1 atom stereocenters. The van der Waals surface area contributed by atoms with Crippen LogP contribution in [0.25, 0.3) is 0 Å². The molecule has 0 heterocycles. The van der Waals surface area contributed by atoms with E-state index < -0.39 is 5.97 Å². The lowest BCUT2D eigenvalue weighted by atomic mass is 9.96. The van der Waals surface area contributed by atoms with Gasteiger partial charge >= 0.3 is 5.97 Å². The highest BCUT2D eigenvalue weighted by Crippen LogP contribution is 2.15. The predicted molar refractivity (Wildman–Crippen MR) is 45.5 cm³/mol. The van der Waals surface area contributed by atoms with Gasteiger partial charge in [0.05, 0.1) is 0 Å². The van der Waals surface area contributed by atoms with Crippen LogP contribution in [0.3, 0.4) is 0 Å². The van der Waals surface area contributed by atoms with Crippen LogP contribution < -0.4 is 0 Å². The number of carboxylic acid groups (broad SMARTS) is 1. The molecule has 0 saturated carbocycles. The molecule has 2 nitrogen and oxygen atoms in total. The van der Waals surface area contributed by atoms with Crippen molar-refractivity contribution in [2.24, 2.45) is 5.92 Å². The van der Waals surface area contributed by atoms with Crippen LogP contribution in [0.4, 0.5) is 0 Å². The molecule has 1 unspecified atom stereocenters. The van der Waals surface area contributed by atoms with Gasteiger partial charge in [-0.2, -0.15) is 0 Å². The highest BCUT2D eigenvalue weighted by Gasteiger charge is 2.13. The van der Waals surface area contributed by atoms with Crippen molar-refractivity contribution in [2.45, 2.75) is 33.6 Å². The fraction of sp³-hybridized carbons (Fsp3) is 0.667. The zero-order valence-electron chi connectivity index (χ0n) is 7.42. The van der Waals surface area contributed by atoms with Gasteiger partial charge in [-0.3, -0.25) is 0 Å². The van der Waals surface area contributed by atoms with E-state index in [-0.39, 0.29) is 5.92 Å². The van der Waals surface area contributed by atoms with Crippen LogP contribution in [0.1, 0.15) is 33.6 Å². The first-order chi connectivity index (χ1) is 5.13. The third-order valence-electron chi connectivity index (χ3n) is 1.81. The Morgan fingerprint density at radius 3 is 2.45 bits per heavy atom. The Labute approximate surface area is 67.9 Å². The van der Waals surface area contributed by atoms with Crippen LogP contribution in [0.2, 0.25) is 0 Å². The lowest BCUT2D eigenvalue weighted by molar-refractivity contribution is -0.133. The minimum atomic E-state index is -0.784. The molecule has 0 aromatic heterocycles. The molecule has 0 aromatic carbocycles. The molecule has 0 aromatic rings. The van der Waals surface area contributed by atoms with E-state index in [2.05, 4.69) is 6.92 Å². The first kappa shape index (κ1) is 10.2. The summed E-state index contributed by atoms with van der Waals surface area (Å²) in [7, 11) is 0. The molecule has 11 heavy (non-hydrogen) atoms. The summed E-state index contributed by atoms with van der Waals surface area (Å²) in [6.45, 7) is 5.79. The minimum absolute atomic E-state index is 0.183. The summed E-state index contributed by atoms with van der Waals surface area (Å²) in [5.41, 5.74) is 0.534. The molecule has 2 heteroatoms. The van der Waals surface area contributed by atoms with Crippen molar-refractivity contribution < 1.29 is 9.90 Å². The van der Waals surface area contributed by atoms with Crippen LogP contribution in [0.15, 0.2) is 11.6 Å². The van der Waals surface area contributed by atoms with Gasteiger partial charge < -0.3 is 5.11 Å². The molecule has 1 N–H and O–H groups in total. The summed E-state index contributed by atoms with van der Waals surface area (Å²) in [6, 6.07) is 0. The SMILES string of the molecule is C/C=C(/C(=O)O)C(C)CCC. The standard InChI is InChI=1S/C9H16O2/c1-4-6-7(3)8(5-2)9(10)11/h5,7H,4,6H2,1-3H3,(H,10,11)/b8-5+. The molecular formula is C9H16O2. The number of carbonyl (C=O) groups is 1. The van der Waals surface area contributed by atoms with E-state index in [1.54, 1.807) is 13.0 Å². The maximum Gasteiger partial charge on any atom is 0.331 e. The van der Waals surface area contributed by atoms with Crippen LogP contribution in [0, 0.1) is 5.92 Å². The van der Waals surface area contributed by atoms with E-state index >= 15 is 0 Å². The third-order valence-corrected chi connectivity index (χ3v) is 1.81. The van der Waals surface area contributed by atoms with Gasteiger partial charge in [0.25, 0.3) is 0 Å². The van der Waals surface area contributed by atoms with Gasteiger partial charge in [0.2, 0.25) is 0 Å². The molecular weight excluding hydrogens is 140 g/mol. The van der Waals surface area contributed by atoms with E-state index in [1.807, 2.05) is 6.92 Å². The number of carboxylic acids is 1. The first-order valence-electron chi connectivity index (χ1n) is 4.03. The summed E-state index contributed by atoms with van der Waals surface area (Å²) < 4.78 is 0. The van der Waals surface area contributed by atoms with E-state index in [9.17, 15) is 4.79 Å². The normalized spacial score (nSPS) is 14.6.